The van der Waals surface area contributed by atoms with Crippen molar-refractivity contribution in [3.63, 3.8) is 0 Å². The molecule has 1 aliphatic carbocycles. The summed E-state index contributed by atoms with van der Waals surface area (Å²) in [5, 5.41) is 3.77. The van der Waals surface area contributed by atoms with Crippen molar-refractivity contribution in [2.45, 2.75) is 70.7 Å². The highest BCUT2D eigenvalue weighted by molar-refractivity contribution is 4.96. The first kappa shape index (κ1) is 13.8. The Labute approximate surface area is 118 Å². The molecule has 3 aliphatic rings. The van der Waals surface area contributed by atoms with Gasteiger partial charge in [0.15, 0.2) is 0 Å². The molecule has 1 saturated carbocycles. The van der Waals surface area contributed by atoms with Crippen LogP contribution < -0.4 is 5.32 Å². The van der Waals surface area contributed by atoms with E-state index in [-0.39, 0.29) is 0 Å². The van der Waals surface area contributed by atoms with Crippen molar-refractivity contribution in [3.05, 3.63) is 0 Å². The molecule has 19 heavy (non-hydrogen) atoms. The standard InChI is InChI=1S/C16H30N2O/c1-11(2)15-10-18(9-14-7-4-12(3)19-14)16(8-17-15)13-5-6-13/h11-17H,4-10H2,1-3H3. The van der Waals surface area contributed by atoms with E-state index in [4.69, 9.17) is 4.74 Å². The van der Waals surface area contributed by atoms with Crippen molar-refractivity contribution < 1.29 is 4.74 Å². The molecule has 110 valence electrons. The van der Waals surface area contributed by atoms with Crippen molar-refractivity contribution in [1.82, 2.24) is 10.2 Å². The normalized spacial score (nSPS) is 41.1. The summed E-state index contributed by atoms with van der Waals surface area (Å²) >= 11 is 0. The predicted molar refractivity (Wildman–Crippen MR) is 78.3 cm³/mol. The van der Waals surface area contributed by atoms with Gasteiger partial charge in [0.2, 0.25) is 0 Å². The number of nitrogens with one attached hydrogen (secondary N) is 1. The molecule has 2 aliphatic heterocycles. The molecule has 4 unspecified atom stereocenters. The SMILES string of the molecule is CC1CCC(CN2CC(C(C)C)NCC2C2CC2)O1. The fourth-order valence-corrected chi connectivity index (χ4v) is 3.74. The zero-order valence-corrected chi connectivity index (χ0v) is 12.8. The van der Waals surface area contributed by atoms with Crippen LogP contribution in [0.2, 0.25) is 0 Å². The van der Waals surface area contributed by atoms with Gasteiger partial charge in [-0.15, -0.1) is 0 Å². The summed E-state index contributed by atoms with van der Waals surface area (Å²) in [6.07, 6.45) is 6.36. The summed E-state index contributed by atoms with van der Waals surface area (Å²) in [4.78, 5) is 2.75. The van der Waals surface area contributed by atoms with Gasteiger partial charge in [-0.05, 0) is 44.4 Å². The quantitative estimate of drug-likeness (QED) is 0.845. The number of ether oxygens (including phenoxy) is 1. The highest BCUT2D eigenvalue weighted by Crippen LogP contribution is 2.37. The summed E-state index contributed by atoms with van der Waals surface area (Å²) in [5.41, 5.74) is 0. The molecule has 3 nitrogen and oxygen atoms in total. The Hall–Kier alpha value is -0.120. The van der Waals surface area contributed by atoms with Gasteiger partial charge in [0.25, 0.3) is 0 Å². The lowest BCUT2D eigenvalue weighted by atomic mass is 9.97. The summed E-state index contributed by atoms with van der Waals surface area (Å²) in [7, 11) is 0. The Morgan fingerprint density at radius 1 is 1.21 bits per heavy atom. The highest BCUT2D eigenvalue weighted by atomic mass is 16.5. The van der Waals surface area contributed by atoms with Crippen LogP contribution in [0.25, 0.3) is 0 Å². The second kappa shape index (κ2) is 5.71. The van der Waals surface area contributed by atoms with E-state index in [0.29, 0.717) is 18.2 Å². The van der Waals surface area contributed by atoms with Crippen LogP contribution in [0, 0.1) is 11.8 Å². The van der Waals surface area contributed by atoms with E-state index in [1.807, 2.05) is 0 Å². The minimum atomic E-state index is 0.480. The van der Waals surface area contributed by atoms with E-state index >= 15 is 0 Å². The van der Waals surface area contributed by atoms with Crippen molar-refractivity contribution in [2.75, 3.05) is 19.6 Å². The molecular weight excluding hydrogens is 236 g/mol. The van der Waals surface area contributed by atoms with Gasteiger partial charge >= 0.3 is 0 Å². The molecule has 3 rings (SSSR count). The van der Waals surface area contributed by atoms with Gasteiger partial charge in [-0.3, -0.25) is 4.90 Å². The fourth-order valence-electron chi connectivity index (χ4n) is 3.74. The molecule has 2 heterocycles. The minimum Gasteiger partial charge on any atom is -0.374 e. The lowest BCUT2D eigenvalue weighted by molar-refractivity contribution is 0.00393. The van der Waals surface area contributed by atoms with Gasteiger partial charge in [-0.1, -0.05) is 13.8 Å². The molecule has 0 radical (unpaired) electrons. The van der Waals surface area contributed by atoms with Crippen molar-refractivity contribution in [2.24, 2.45) is 11.8 Å². The van der Waals surface area contributed by atoms with Gasteiger partial charge in [-0.2, -0.15) is 0 Å². The van der Waals surface area contributed by atoms with Gasteiger partial charge in [0, 0.05) is 31.7 Å². The second-order valence-electron chi connectivity index (χ2n) is 7.26. The maximum Gasteiger partial charge on any atom is 0.0706 e. The van der Waals surface area contributed by atoms with Crippen molar-refractivity contribution in [1.29, 1.82) is 0 Å². The summed E-state index contributed by atoms with van der Waals surface area (Å²) < 4.78 is 6.05. The molecule has 3 fully saturated rings. The van der Waals surface area contributed by atoms with E-state index in [2.05, 4.69) is 31.0 Å². The van der Waals surface area contributed by atoms with E-state index in [0.717, 1.165) is 24.4 Å². The fraction of sp³-hybridized carbons (Fsp3) is 1.00. The molecule has 0 aromatic rings. The van der Waals surface area contributed by atoms with Crippen molar-refractivity contribution >= 4 is 0 Å². The van der Waals surface area contributed by atoms with Gasteiger partial charge in [-0.25, -0.2) is 0 Å². The Kier molecular flexibility index (Phi) is 4.16. The third kappa shape index (κ3) is 3.32. The Balaban J connectivity index is 1.60. The van der Waals surface area contributed by atoms with Gasteiger partial charge in [0.1, 0.15) is 0 Å². The molecule has 0 bridgehead atoms. The van der Waals surface area contributed by atoms with Crippen LogP contribution in [0.15, 0.2) is 0 Å². The molecule has 1 N–H and O–H groups in total. The third-order valence-corrected chi connectivity index (χ3v) is 5.22. The first-order valence-corrected chi connectivity index (χ1v) is 8.26. The monoisotopic (exact) mass is 266 g/mol. The van der Waals surface area contributed by atoms with E-state index in [9.17, 15) is 0 Å². The Morgan fingerprint density at radius 3 is 2.58 bits per heavy atom. The van der Waals surface area contributed by atoms with Crippen LogP contribution >= 0.6 is 0 Å². The number of piperazine rings is 1. The molecule has 0 aromatic heterocycles. The maximum absolute atomic E-state index is 6.05. The Morgan fingerprint density at radius 2 is 2.00 bits per heavy atom. The van der Waals surface area contributed by atoms with Crippen LogP contribution in [-0.2, 0) is 4.74 Å². The molecule has 4 atom stereocenters. The zero-order valence-electron chi connectivity index (χ0n) is 12.8. The van der Waals surface area contributed by atoms with Gasteiger partial charge in [0.05, 0.1) is 12.2 Å². The van der Waals surface area contributed by atoms with Crippen LogP contribution in [0.3, 0.4) is 0 Å². The topological polar surface area (TPSA) is 24.5 Å². The molecular formula is C16H30N2O. The van der Waals surface area contributed by atoms with Gasteiger partial charge < -0.3 is 10.1 Å². The maximum atomic E-state index is 6.05. The zero-order chi connectivity index (χ0) is 13.4. The lowest BCUT2D eigenvalue weighted by Crippen LogP contribution is -2.60. The summed E-state index contributed by atoms with van der Waals surface area (Å²) in [6.45, 7) is 10.5. The van der Waals surface area contributed by atoms with E-state index in [1.165, 1.54) is 38.8 Å². The number of hydrogen-bond acceptors (Lipinski definition) is 3. The van der Waals surface area contributed by atoms with E-state index in [1.54, 1.807) is 0 Å². The number of hydrogen-bond donors (Lipinski definition) is 1. The third-order valence-electron chi connectivity index (χ3n) is 5.22. The average molecular weight is 266 g/mol. The lowest BCUT2D eigenvalue weighted by Gasteiger charge is -2.43. The highest BCUT2D eigenvalue weighted by Gasteiger charge is 2.40. The van der Waals surface area contributed by atoms with Crippen LogP contribution in [0.5, 0.6) is 0 Å². The summed E-state index contributed by atoms with van der Waals surface area (Å²) in [6, 6.07) is 1.43. The van der Waals surface area contributed by atoms with Crippen LogP contribution in [0.4, 0.5) is 0 Å². The molecule has 3 heteroatoms. The Bertz CT molecular complexity index is 303. The smallest absolute Gasteiger partial charge is 0.0706 e. The van der Waals surface area contributed by atoms with Crippen molar-refractivity contribution in [3.8, 4) is 0 Å². The average Bonchev–Trinajstić information content (AvgIpc) is 3.13. The second-order valence-corrected chi connectivity index (χ2v) is 7.26. The molecule has 2 saturated heterocycles. The number of rotatable bonds is 4. The predicted octanol–water partition coefficient (Wildman–Crippen LogP) is 2.26. The largest absolute Gasteiger partial charge is 0.374 e. The van der Waals surface area contributed by atoms with Crippen LogP contribution in [0.1, 0.15) is 46.5 Å². The molecule has 0 aromatic carbocycles. The summed E-state index contributed by atoms with van der Waals surface area (Å²) in [5.74, 6) is 1.69. The molecule has 0 amide bonds. The minimum absolute atomic E-state index is 0.480. The first-order chi connectivity index (χ1) is 9.13. The first-order valence-electron chi connectivity index (χ1n) is 8.26. The number of nitrogens with zero attached hydrogens (tertiary/aromatic N) is 1. The molecule has 0 spiro atoms. The van der Waals surface area contributed by atoms with E-state index < -0.39 is 0 Å². The van der Waals surface area contributed by atoms with Crippen LogP contribution in [-0.4, -0.2) is 48.8 Å².